The van der Waals surface area contributed by atoms with E-state index in [9.17, 15) is 0 Å². The van der Waals surface area contributed by atoms with Gasteiger partial charge in [0.1, 0.15) is 0 Å². The highest BCUT2D eigenvalue weighted by Crippen LogP contribution is 2.34. The molecule has 1 heteroatoms. The molecule has 1 aliphatic rings. The zero-order chi connectivity index (χ0) is 11.7. The molecule has 1 aliphatic carbocycles. The Balaban J connectivity index is 2.55. The number of hydrogen-bond acceptors (Lipinski definition) is 0. The molecule has 0 aromatic heterocycles. The lowest BCUT2D eigenvalue weighted by molar-refractivity contribution is 0.714. The van der Waals surface area contributed by atoms with Crippen LogP contribution in [0.15, 0.2) is 17.7 Å². The second-order valence-electron chi connectivity index (χ2n) is 4.98. The van der Waals surface area contributed by atoms with Crippen LogP contribution in [0.25, 0.3) is 5.57 Å². The molecule has 0 amide bonds. The van der Waals surface area contributed by atoms with Gasteiger partial charge < -0.3 is 0 Å². The summed E-state index contributed by atoms with van der Waals surface area (Å²) in [5.41, 5.74) is 7.57. The van der Waals surface area contributed by atoms with Gasteiger partial charge in [-0.3, -0.25) is 0 Å². The molecule has 0 bridgehead atoms. The van der Waals surface area contributed by atoms with Crippen LogP contribution in [0.3, 0.4) is 0 Å². The van der Waals surface area contributed by atoms with Crippen LogP contribution < -0.4 is 5.30 Å². The third-order valence-corrected chi connectivity index (χ3v) is 4.09. The van der Waals surface area contributed by atoms with Gasteiger partial charge in [0.25, 0.3) is 0 Å². The molecule has 0 fully saturated rings. The maximum absolute atomic E-state index is 2.83. The van der Waals surface area contributed by atoms with E-state index in [1.807, 2.05) is 0 Å². The Morgan fingerprint density at radius 2 is 1.69 bits per heavy atom. The summed E-state index contributed by atoms with van der Waals surface area (Å²) in [6, 6.07) is 4.58. The van der Waals surface area contributed by atoms with Crippen LogP contribution in [0.1, 0.15) is 49.3 Å². The van der Waals surface area contributed by atoms with E-state index in [0.29, 0.717) is 0 Å². The molecule has 16 heavy (non-hydrogen) atoms. The predicted molar refractivity (Wildman–Crippen MR) is 76.3 cm³/mol. The van der Waals surface area contributed by atoms with Gasteiger partial charge >= 0.3 is 0 Å². The number of allylic oxidation sites excluding steroid dienone is 2. The summed E-state index contributed by atoms with van der Waals surface area (Å²) in [5.74, 6) is 0. The molecule has 0 radical (unpaired) electrons. The zero-order valence-corrected chi connectivity index (χ0v) is 11.7. The first-order valence-electron chi connectivity index (χ1n) is 6.15. The van der Waals surface area contributed by atoms with Crippen molar-refractivity contribution in [3.8, 4) is 0 Å². The Morgan fingerprint density at radius 3 is 2.38 bits per heavy atom. The first kappa shape index (κ1) is 11.9. The third-order valence-electron chi connectivity index (χ3n) is 3.76. The van der Waals surface area contributed by atoms with E-state index in [1.54, 1.807) is 11.1 Å². The standard InChI is InChI=1S/C15H21P/c1-10-6-4-5-7-14(10)15-9-13(16)8-11(2)12(15)3/h8-9H,4-7,16H2,1-3H3. The Labute approximate surface area is 101 Å². The number of aryl methyl sites for hydroxylation is 1. The smallest absolute Gasteiger partial charge is 0.0187 e. The van der Waals surface area contributed by atoms with E-state index in [2.05, 4.69) is 42.1 Å². The Kier molecular flexibility index (Phi) is 3.50. The molecule has 1 atom stereocenters. The molecule has 1 unspecified atom stereocenters. The first-order valence-corrected chi connectivity index (χ1v) is 6.73. The minimum Gasteiger partial charge on any atom is -0.106 e. The van der Waals surface area contributed by atoms with Crippen molar-refractivity contribution in [3.63, 3.8) is 0 Å². The van der Waals surface area contributed by atoms with Crippen LogP contribution in [0.5, 0.6) is 0 Å². The topological polar surface area (TPSA) is 0 Å². The van der Waals surface area contributed by atoms with E-state index < -0.39 is 0 Å². The SMILES string of the molecule is CC1=C(c2cc(P)cc(C)c2C)CCCC1. The Morgan fingerprint density at radius 1 is 1.00 bits per heavy atom. The van der Waals surface area contributed by atoms with Crippen LogP contribution >= 0.6 is 9.24 Å². The minimum absolute atomic E-state index is 1.26. The molecule has 86 valence electrons. The van der Waals surface area contributed by atoms with Gasteiger partial charge in [-0.25, -0.2) is 0 Å². The molecular formula is C15H21P. The van der Waals surface area contributed by atoms with Gasteiger partial charge in [0.15, 0.2) is 0 Å². The second kappa shape index (κ2) is 4.72. The van der Waals surface area contributed by atoms with Crippen LogP contribution in [0.4, 0.5) is 0 Å². The van der Waals surface area contributed by atoms with Gasteiger partial charge in [-0.2, -0.15) is 0 Å². The van der Waals surface area contributed by atoms with E-state index in [-0.39, 0.29) is 0 Å². The molecule has 0 saturated carbocycles. The summed E-state index contributed by atoms with van der Waals surface area (Å²) >= 11 is 0. The van der Waals surface area contributed by atoms with Crippen molar-refractivity contribution in [2.75, 3.05) is 0 Å². The summed E-state index contributed by atoms with van der Waals surface area (Å²) in [7, 11) is 2.83. The molecule has 2 rings (SSSR count). The number of hydrogen-bond donors (Lipinski definition) is 0. The van der Waals surface area contributed by atoms with Gasteiger partial charge in [-0.15, -0.1) is 9.24 Å². The molecule has 0 aliphatic heterocycles. The Bertz CT molecular complexity index is 441. The first-order chi connectivity index (χ1) is 7.59. The molecule has 1 aromatic rings. The van der Waals surface area contributed by atoms with Crippen LogP contribution in [0, 0.1) is 13.8 Å². The minimum atomic E-state index is 1.26. The van der Waals surface area contributed by atoms with Crippen LogP contribution in [-0.4, -0.2) is 0 Å². The van der Waals surface area contributed by atoms with Gasteiger partial charge in [-0.05, 0) is 80.1 Å². The second-order valence-corrected chi connectivity index (χ2v) is 5.64. The lowest BCUT2D eigenvalue weighted by Gasteiger charge is -2.21. The summed E-state index contributed by atoms with van der Waals surface area (Å²) in [5, 5.41) is 1.31. The van der Waals surface area contributed by atoms with E-state index in [1.165, 1.54) is 47.7 Å². The Hall–Kier alpha value is -0.610. The zero-order valence-electron chi connectivity index (χ0n) is 10.6. The van der Waals surface area contributed by atoms with Gasteiger partial charge in [-0.1, -0.05) is 11.6 Å². The highest BCUT2D eigenvalue weighted by molar-refractivity contribution is 7.27. The van der Waals surface area contributed by atoms with Crippen LogP contribution in [0.2, 0.25) is 0 Å². The molecule has 1 aromatic carbocycles. The molecule has 0 N–H and O–H groups in total. The fraction of sp³-hybridized carbons (Fsp3) is 0.467. The molecule has 0 heterocycles. The van der Waals surface area contributed by atoms with Gasteiger partial charge in [0.2, 0.25) is 0 Å². The van der Waals surface area contributed by atoms with Gasteiger partial charge in [0, 0.05) is 0 Å². The van der Waals surface area contributed by atoms with Crippen molar-refractivity contribution in [1.82, 2.24) is 0 Å². The highest BCUT2D eigenvalue weighted by atomic mass is 31.0. The lowest BCUT2D eigenvalue weighted by atomic mass is 9.85. The van der Waals surface area contributed by atoms with E-state index in [4.69, 9.17) is 0 Å². The molecule has 0 nitrogen and oxygen atoms in total. The maximum Gasteiger partial charge on any atom is -0.0187 e. The third kappa shape index (κ3) is 2.23. The fourth-order valence-corrected chi connectivity index (χ4v) is 3.04. The number of benzene rings is 1. The van der Waals surface area contributed by atoms with E-state index >= 15 is 0 Å². The summed E-state index contributed by atoms with van der Waals surface area (Å²) in [6.45, 7) is 6.77. The summed E-state index contributed by atoms with van der Waals surface area (Å²) in [6.07, 6.45) is 5.27. The fourth-order valence-electron chi connectivity index (χ4n) is 2.62. The van der Waals surface area contributed by atoms with Crippen molar-refractivity contribution in [2.24, 2.45) is 0 Å². The monoisotopic (exact) mass is 232 g/mol. The average molecular weight is 232 g/mol. The average Bonchev–Trinajstić information content (AvgIpc) is 2.24. The quantitative estimate of drug-likeness (QED) is 0.638. The maximum atomic E-state index is 2.83. The van der Waals surface area contributed by atoms with Crippen molar-refractivity contribution >= 4 is 20.1 Å². The summed E-state index contributed by atoms with van der Waals surface area (Å²) in [4.78, 5) is 0. The van der Waals surface area contributed by atoms with Crippen molar-refractivity contribution in [2.45, 2.75) is 46.5 Å². The number of rotatable bonds is 1. The van der Waals surface area contributed by atoms with Crippen molar-refractivity contribution < 1.29 is 0 Å². The normalized spacial score (nSPS) is 16.8. The largest absolute Gasteiger partial charge is 0.106 e. The molecule has 0 saturated heterocycles. The van der Waals surface area contributed by atoms with E-state index in [0.717, 1.165) is 0 Å². The summed E-state index contributed by atoms with van der Waals surface area (Å²) < 4.78 is 0. The van der Waals surface area contributed by atoms with Crippen molar-refractivity contribution in [1.29, 1.82) is 0 Å². The van der Waals surface area contributed by atoms with Crippen LogP contribution in [-0.2, 0) is 0 Å². The lowest BCUT2D eigenvalue weighted by Crippen LogP contribution is -2.04. The van der Waals surface area contributed by atoms with Gasteiger partial charge in [0.05, 0.1) is 0 Å². The molecular weight excluding hydrogens is 211 g/mol. The predicted octanol–water partition coefficient (Wildman–Crippen LogP) is 4.15. The molecule has 0 spiro atoms. The highest BCUT2D eigenvalue weighted by Gasteiger charge is 2.14. The van der Waals surface area contributed by atoms with Crippen molar-refractivity contribution in [3.05, 3.63) is 34.4 Å².